The Labute approximate surface area is 308 Å². The molecule has 1 aliphatic carbocycles. The Morgan fingerprint density at radius 1 is 0.615 bits per heavy atom. The first-order chi connectivity index (χ1) is 25.6. The summed E-state index contributed by atoms with van der Waals surface area (Å²) in [6.45, 7) is 2.55. The number of nitrogens with zero attached hydrogens (tertiary/aromatic N) is 1. The standard InChI is InChI=1S/C49H36BNS/c1-49(27-10-3-11-28-49)34-21-26-46-42(30-34)40-24-23-39-41-31-36(51-44-19-8-6-17-37(44)38-18-7-9-20-45(38)51)22-25-43(41)50(47(39)48(40)52-46)35-16-12-15-33(29-35)32-13-4-2-5-14-32/h2,4-10,12-27,29-31H,3,11,28H2,1H3. The molecule has 0 amide bonds. The van der Waals surface area contributed by atoms with Crippen molar-refractivity contribution in [2.45, 2.75) is 31.6 Å². The summed E-state index contributed by atoms with van der Waals surface area (Å²) in [5.41, 5.74) is 14.6. The van der Waals surface area contributed by atoms with Crippen LogP contribution in [0.4, 0.5) is 0 Å². The van der Waals surface area contributed by atoms with Crippen LogP contribution in [-0.4, -0.2) is 11.3 Å². The Morgan fingerprint density at radius 2 is 1.38 bits per heavy atom. The summed E-state index contributed by atoms with van der Waals surface area (Å²) in [7, 11) is 0. The third-order valence-corrected chi connectivity index (χ3v) is 13.2. The van der Waals surface area contributed by atoms with E-state index < -0.39 is 0 Å². The molecule has 0 bridgehead atoms. The fourth-order valence-electron chi connectivity index (χ4n) is 9.39. The van der Waals surface area contributed by atoms with Gasteiger partial charge in [0.15, 0.2) is 0 Å². The van der Waals surface area contributed by atoms with Gasteiger partial charge in [0.05, 0.1) is 11.0 Å². The second kappa shape index (κ2) is 11.4. The van der Waals surface area contributed by atoms with E-state index in [9.17, 15) is 0 Å². The molecule has 246 valence electrons. The Kier molecular flexibility index (Phi) is 6.60. The lowest BCUT2D eigenvalue weighted by molar-refractivity contribution is 0.496. The normalized spacial score (nSPS) is 16.7. The van der Waals surface area contributed by atoms with Crippen molar-refractivity contribution < 1.29 is 0 Å². The van der Waals surface area contributed by atoms with Crippen molar-refractivity contribution in [1.82, 2.24) is 4.57 Å². The van der Waals surface area contributed by atoms with Crippen LogP contribution in [0.5, 0.6) is 0 Å². The summed E-state index contributed by atoms with van der Waals surface area (Å²) in [5.74, 6) is 0. The van der Waals surface area contributed by atoms with E-state index in [0.29, 0.717) is 0 Å². The molecule has 0 saturated heterocycles. The molecule has 0 radical (unpaired) electrons. The van der Waals surface area contributed by atoms with Crippen molar-refractivity contribution in [1.29, 1.82) is 0 Å². The van der Waals surface area contributed by atoms with Gasteiger partial charge in [-0.1, -0.05) is 145 Å². The van der Waals surface area contributed by atoms with Crippen molar-refractivity contribution in [3.05, 3.63) is 169 Å². The molecule has 1 nitrogen and oxygen atoms in total. The van der Waals surface area contributed by atoms with E-state index in [2.05, 4.69) is 175 Å². The van der Waals surface area contributed by atoms with Crippen LogP contribution >= 0.6 is 11.3 Å². The number of thiophene rings is 1. The minimum atomic E-state index is 0.0945. The lowest BCUT2D eigenvalue weighted by Crippen LogP contribution is -2.49. The molecule has 11 rings (SSSR count). The predicted octanol–water partition coefficient (Wildman–Crippen LogP) is 11.3. The molecule has 1 atom stereocenters. The molecule has 3 heterocycles. The first kappa shape index (κ1) is 30.0. The quantitative estimate of drug-likeness (QED) is 0.129. The molecule has 1 unspecified atom stereocenters. The van der Waals surface area contributed by atoms with E-state index in [-0.39, 0.29) is 12.1 Å². The van der Waals surface area contributed by atoms with Crippen molar-refractivity contribution in [2.24, 2.45) is 0 Å². The maximum atomic E-state index is 2.50. The van der Waals surface area contributed by atoms with Crippen LogP contribution in [-0.2, 0) is 5.41 Å². The number of para-hydroxylation sites is 2. The molecular weight excluding hydrogens is 645 g/mol. The average Bonchev–Trinajstić information content (AvgIpc) is 3.86. The van der Waals surface area contributed by atoms with Crippen molar-refractivity contribution >= 4 is 76.4 Å². The van der Waals surface area contributed by atoms with E-state index >= 15 is 0 Å². The Hall–Kier alpha value is -5.64. The van der Waals surface area contributed by atoms with E-state index in [4.69, 9.17) is 0 Å². The highest BCUT2D eigenvalue weighted by Crippen LogP contribution is 2.42. The molecule has 52 heavy (non-hydrogen) atoms. The largest absolute Gasteiger partial charge is 0.309 e. The second-order valence-corrected chi connectivity index (χ2v) is 16.0. The minimum absolute atomic E-state index is 0.0945. The number of aromatic nitrogens is 1. The first-order valence-electron chi connectivity index (χ1n) is 18.6. The van der Waals surface area contributed by atoms with Gasteiger partial charge in [0.2, 0.25) is 6.71 Å². The van der Waals surface area contributed by atoms with Gasteiger partial charge < -0.3 is 4.57 Å². The maximum Gasteiger partial charge on any atom is 0.244 e. The van der Waals surface area contributed by atoms with Crippen LogP contribution in [0.3, 0.4) is 0 Å². The fourth-order valence-corrected chi connectivity index (χ4v) is 10.7. The highest BCUT2D eigenvalue weighted by Gasteiger charge is 2.36. The molecule has 3 heteroatoms. The number of allylic oxidation sites excluding steroid dienone is 2. The van der Waals surface area contributed by atoms with Gasteiger partial charge in [-0.05, 0) is 94.3 Å². The number of rotatable bonds is 4. The smallest absolute Gasteiger partial charge is 0.244 e. The van der Waals surface area contributed by atoms with E-state index in [1.807, 2.05) is 11.3 Å². The Morgan fingerprint density at radius 3 is 2.17 bits per heavy atom. The van der Waals surface area contributed by atoms with Gasteiger partial charge in [0, 0.05) is 36.7 Å². The lowest BCUT2D eigenvalue weighted by Gasteiger charge is -2.29. The lowest BCUT2D eigenvalue weighted by atomic mass is 9.38. The van der Waals surface area contributed by atoms with Crippen molar-refractivity contribution in [3.63, 3.8) is 0 Å². The molecule has 1 aliphatic heterocycles. The number of benzene rings is 7. The summed E-state index contributed by atoms with van der Waals surface area (Å²) in [5, 5.41) is 5.35. The zero-order valence-corrected chi connectivity index (χ0v) is 30.0. The van der Waals surface area contributed by atoms with Crippen molar-refractivity contribution in [2.75, 3.05) is 0 Å². The van der Waals surface area contributed by atoms with Crippen LogP contribution in [0.25, 0.3) is 69.9 Å². The summed E-state index contributed by atoms with van der Waals surface area (Å²) in [4.78, 5) is 0. The average molecular weight is 682 g/mol. The highest BCUT2D eigenvalue weighted by atomic mass is 32.1. The minimum Gasteiger partial charge on any atom is -0.309 e. The molecule has 0 spiro atoms. The van der Waals surface area contributed by atoms with Gasteiger partial charge in [0.25, 0.3) is 0 Å². The first-order valence-corrected chi connectivity index (χ1v) is 19.4. The molecule has 0 saturated carbocycles. The second-order valence-electron chi connectivity index (χ2n) is 15.0. The predicted molar refractivity (Wildman–Crippen MR) is 226 cm³/mol. The van der Waals surface area contributed by atoms with Crippen LogP contribution in [0, 0.1) is 0 Å². The van der Waals surface area contributed by atoms with Gasteiger partial charge in [-0.15, -0.1) is 11.3 Å². The zero-order valence-electron chi connectivity index (χ0n) is 29.1. The van der Waals surface area contributed by atoms with Crippen LogP contribution in [0.2, 0.25) is 0 Å². The molecule has 9 aromatic rings. The van der Waals surface area contributed by atoms with Crippen molar-refractivity contribution in [3.8, 4) is 27.9 Å². The maximum absolute atomic E-state index is 2.50. The summed E-state index contributed by atoms with van der Waals surface area (Å²) < 4.78 is 5.24. The molecule has 2 aromatic heterocycles. The van der Waals surface area contributed by atoms with Gasteiger partial charge in [0.1, 0.15) is 0 Å². The SMILES string of the molecule is CC1(c2ccc3sc4c5c(ccc4c3c2)-c2cc(-n3c4ccccc4c4ccccc43)ccc2B5c2cccc(-c3ccccc3)c2)C=CCCC1. The Bertz CT molecular complexity index is 2860. The van der Waals surface area contributed by atoms with Gasteiger partial charge in [-0.25, -0.2) is 0 Å². The molecule has 0 N–H and O–H groups in total. The summed E-state index contributed by atoms with van der Waals surface area (Å²) in [6.07, 6.45) is 8.48. The van der Waals surface area contributed by atoms with E-state index in [1.165, 1.54) is 111 Å². The number of hydrogen-bond donors (Lipinski definition) is 0. The third-order valence-electron chi connectivity index (χ3n) is 12.0. The van der Waals surface area contributed by atoms with E-state index in [0.717, 1.165) is 0 Å². The zero-order chi connectivity index (χ0) is 34.4. The van der Waals surface area contributed by atoms with Gasteiger partial charge in [-0.3, -0.25) is 0 Å². The summed E-state index contributed by atoms with van der Waals surface area (Å²) in [6, 6.07) is 57.1. The molecule has 0 fully saturated rings. The highest BCUT2D eigenvalue weighted by molar-refractivity contribution is 7.28. The number of hydrogen-bond acceptors (Lipinski definition) is 1. The molecular formula is C49H36BNS. The van der Waals surface area contributed by atoms with Crippen LogP contribution in [0.15, 0.2) is 164 Å². The van der Waals surface area contributed by atoms with E-state index in [1.54, 1.807) is 0 Å². The van der Waals surface area contributed by atoms with Gasteiger partial charge in [-0.2, -0.15) is 0 Å². The van der Waals surface area contributed by atoms with Crippen LogP contribution in [0.1, 0.15) is 31.7 Å². The third kappa shape index (κ3) is 4.42. The van der Waals surface area contributed by atoms with Gasteiger partial charge >= 0.3 is 0 Å². The fraction of sp³-hybridized carbons (Fsp3) is 0.102. The monoisotopic (exact) mass is 681 g/mol. The summed E-state index contributed by atoms with van der Waals surface area (Å²) >= 11 is 1.97. The Balaban J connectivity index is 1.16. The van der Waals surface area contributed by atoms with Crippen LogP contribution < -0.4 is 16.4 Å². The topological polar surface area (TPSA) is 4.93 Å². The number of fused-ring (bicyclic) bond motifs is 10. The molecule has 2 aliphatic rings. The molecule has 7 aromatic carbocycles.